The van der Waals surface area contributed by atoms with Crippen LogP contribution in [-0.4, -0.2) is 16.8 Å². The lowest BCUT2D eigenvalue weighted by Crippen LogP contribution is -2.20. The highest BCUT2D eigenvalue weighted by Gasteiger charge is 2.10. The number of nitrogens with two attached hydrogens (primary N) is 2. The lowest BCUT2D eigenvalue weighted by Gasteiger charge is -2.05. The van der Waals surface area contributed by atoms with Crippen LogP contribution in [0.5, 0.6) is 0 Å². The summed E-state index contributed by atoms with van der Waals surface area (Å²) in [5.74, 6) is -0.0550. The van der Waals surface area contributed by atoms with Gasteiger partial charge in [0.15, 0.2) is 5.78 Å². The highest BCUT2D eigenvalue weighted by atomic mass is 16.1. The van der Waals surface area contributed by atoms with Crippen molar-refractivity contribution in [1.82, 2.24) is 4.98 Å². The van der Waals surface area contributed by atoms with Gasteiger partial charge in [0.2, 0.25) is 0 Å². The minimum absolute atomic E-state index is 0.0550. The SMILES string of the molecule is CC(N)CC(=O)c1cnccc1N. The number of hydrogen-bond donors (Lipinski definition) is 2. The number of Topliss-reactive ketones (excluding diaryl/α,β-unsaturated/α-hetero) is 1. The molecule has 1 heterocycles. The summed E-state index contributed by atoms with van der Waals surface area (Å²) in [7, 11) is 0. The molecule has 1 aromatic heterocycles. The van der Waals surface area contributed by atoms with E-state index in [9.17, 15) is 4.79 Å². The van der Waals surface area contributed by atoms with Gasteiger partial charge in [-0.1, -0.05) is 0 Å². The standard InChI is InChI=1S/C9H13N3O/c1-6(10)4-9(13)7-5-12-3-2-8(7)11/h2-3,5-6H,4,10H2,1H3,(H2,11,12). The van der Waals surface area contributed by atoms with E-state index in [1.54, 1.807) is 19.2 Å². The van der Waals surface area contributed by atoms with Gasteiger partial charge in [-0.25, -0.2) is 0 Å². The number of carbonyl (C=O) groups excluding carboxylic acids is 1. The molecule has 0 fully saturated rings. The maximum absolute atomic E-state index is 11.5. The molecule has 4 nitrogen and oxygen atoms in total. The van der Waals surface area contributed by atoms with E-state index in [1.807, 2.05) is 0 Å². The van der Waals surface area contributed by atoms with Gasteiger partial charge in [0.25, 0.3) is 0 Å². The molecular weight excluding hydrogens is 166 g/mol. The quantitative estimate of drug-likeness (QED) is 0.665. The van der Waals surface area contributed by atoms with Crippen molar-refractivity contribution < 1.29 is 4.79 Å². The fraction of sp³-hybridized carbons (Fsp3) is 0.333. The molecule has 1 unspecified atom stereocenters. The van der Waals surface area contributed by atoms with Gasteiger partial charge in [-0.2, -0.15) is 0 Å². The molecule has 0 aromatic carbocycles. The van der Waals surface area contributed by atoms with Crippen LogP contribution in [0.15, 0.2) is 18.5 Å². The smallest absolute Gasteiger partial charge is 0.168 e. The maximum Gasteiger partial charge on any atom is 0.168 e. The Bertz CT molecular complexity index is 309. The Kier molecular flexibility index (Phi) is 2.97. The van der Waals surface area contributed by atoms with Gasteiger partial charge in [0, 0.05) is 30.5 Å². The fourth-order valence-corrected chi connectivity index (χ4v) is 1.04. The van der Waals surface area contributed by atoms with Crippen LogP contribution in [0.25, 0.3) is 0 Å². The van der Waals surface area contributed by atoms with Gasteiger partial charge in [-0.3, -0.25) is 9.78 Å². The Morgan fingerprint density at radius 3 is 2.92 bits per heavy atom. The van der Waals surface area contributed by atoms with Gasteiger partial charge in [-0.05, 0) is 13.0 Å². The monoisotopic (exact) mass is 179 g/mol. The molecule has 13 heavy (non-hydrogen) atoms. The molecule has 0 bridgehead atoms. The summed E-state index contributed by atoms with van der Waals surface area (Å²) in [4.78, 5) is 15.3. The van der Waals surface area contributed by atoms with Gasteiger partial charge in [-0.15, -0.1) is 0 Å². The maximum atomic E-state index is 11.5. The van der Waals surface area contributed by atoms with Gasteiger partial charge >= 0.3 is 0 Å². The van der Waals surface area contributed by atoms with Gasteiger partial charge in [0.05, 0.1) is 5.56 Å². The normalized spacial score (nSPS) is 12.5. The summed E-state index contributed by atoms with van der Waals surface area (Å²) >= 11 is 0. The number of nitrogens with zero attached hydrogens (tertiary/aromatic N) is 1. The molecule has 1 atom stereocenters. The van der Waals surface area contributed by atoms with Crippen LogP contribution in [0.1, 0.15) is 23.7 Å². The molecule has 0 saturated heterocycles. The van der Waals surface area contributed by atoms with Crippen LogP contribution in [0.3, 0.4) is 0 Å². The third kappa shape index (κ3) is 2.52. The van der Waals surface area contributed by atoms with E-state index in [0.29, 0.717) is 17.7 Å². The Hall–Kier alpha value is -1.42. The van der Waals surface area contributed by atoms with Crippen LogP contribution in [0.4, 0.5) is 5.69 Å². The third-order valence-electron chi connectivity index (χ3n) is 1.66. The van der Waals surface area contributed by atoms with Crippen molar-refractivity contribution in [2.45, 2.75) is 19.4 Å². The van der Waals surface area contributed by atoms with Gasteiger partial charge in [0.1, 0.15) is 0 Å². The second kappa shape index (κ2) is 4.00. The third-order valence-corrected chi connectivity index (χ3v) is 1.66. The number of nitrogen functional groups attached to an aromatic ring is 1. The van der Waals surface area contributed by atoms with E-state index in [2.05, 4.69) is 4.98 Å². The van der Waals surface area contributed by atoms with Crippen LogP contribution < -0.4 is 11.5 Å². The molecule has 0 aliphatic heterocycles. The van der Waals surface area contributed by atoms with Crippen molar-refractivity contribution in [2.75, 3.05) is 5.73 Å². The predicted octanol–water partition coefficient (Wildman–Crippen LogP) is 0.584. The Morgan fingerprint density at radius 2 is 2.38 bits per heavy atom. The first-order chi connectivity index (χ1) is 6.11. The van der Waals surface area contributed by atoms with Crippen LogP contribution in [0.2, 0.25) is 0 Å². The van der Waals surface area contributed by atoms with E-state index < -0.39 is 0 Å². The Labute approximate surface area is 77.0 Å². The van der Waals surface area contributed by atoms with Crippen molar-refractivity contribution in [2.24, 2.45) is 5.73 Å². The second-order valence-electron chi connectivity index (χ2n) is 3.07. The van der Waals surface area contributed by atoms with Crippen molar-refractivity contribution in [1.29, 1.82) is 0 Å². The van der Waals surface area contributed by atoms with Crippen LogP contribution in [0, 0.1) is 0 Å². The summed E-state index contributed by atoms with van der Waals surface area (Å²) in [6, 6.07) is 1.46. The lowest BCUT2D eigenvalue weighted by atomic mass is 10.1. The van der Waals surface area contributed by atoms with Crippen molar-refractivity contribution in [3.05, 3.63) is 24.0 Å². The zero-order valence-corrected chi connectivity index (χ0v) is 7.53. The molecular formula is C9H13N3O. The summed E-state index contributed by atoms with van der Waals surface area (Å²) < 4.78 is 0. The average Bonchev–Trinajstić information content (AvgIpc) is 2.03. The average molecular weight is 179 g/mol. The molecule has 0 spiro atoms. The van der Waals surface area contributed by atoms with Crippen LogP contribution >= 0.6 is 0 Å². The molecule has 0 saturated carbocycles. The molecule has 0 aliphatic carbocycles. The zero-order chi connectivity index (χ0) is 9.84. The minimum Gasteiger partial charge on any atom is -0.398 e. The predicted molar refractivity (Wildman–Crippen MR) is 51.2 cm³/mol. The molecule has 4 heteroatoms. The number of carbonyl (C=O) groups is 1. The highest BCUT2D eigenvalue weighted by Crippen LogP contribution is 2.11. The number of aromatic nitrogens is 1. The number of ketones is 1. The molecule has 1 rings (SSSR count). The van der Waals surface area contributed by atoms with E-state index in [0.717, 1.165) is 0 Å². The zero-order valence-electron chi connectivity index (χ0n) is 7.53. The topological polar surface area (TPSA) is 82.0 Å². The molecule has 4 N–H and O–H groups in total. The number of rotatable bonds is 3. The first-order valence-corrected chi connectivity index (χ1v) is 4.09. The first-order valence-electron chi connectivity index (χ1n) is 4.09. The Morgan fingerprint density at radius 1 is 1.69 bits per heavy atom. The summed E-state index contributed by atoms with van der Waals surface area (Å²) in [5.41, 5.74) is 12.0. The fourth-order valence-electron chi connectivity index (χ4n) is 1.04. The van der Waals surface area contributed by atoms with Crippen molar-refractivity contribution in [3.63, 3.8) is 0 Å². The molecule has 70 valence electrons. The van der Waals surface area contributed by atoms with E-state index in [-0.39, 0.29) is 11.8 Å². The summed E-state index contributed by atoms with van der Waals surface area (Å²) in [6.07, 6.45) is 3.33. The first kappa shape index (κ1) is 9.67. The number of anilines is 1. The summed E-state index contributed by atoms with van der Waals surface area (Å²) in [5, 5.41) is 0. The van der Waals surface area contributed by atoms with Crippen LogP contribution in [-0.2, 0) is 0 Å². The number of pyridine rings is 1. The van der Waals surface area contributed by atoms with E-state index >= 15 is 0 Å². The van der Waals surface area contributed by atoms with Crippen molar-refractivity contribution >= 4 is 11.5 Å². The van der Waals surface area contributed by atoms with Gasteiger partial charge < -0.3 is 11.5 Å². The number of hydrogen-bond acceptors (Lipinski definition) is 4. The second-order valence-corrected chi connectivity index (χ2v) is 3.07. The molecule has 0 radical (unpaired) electrons. The Balaban J connectivity index is 2.83. The minimum atomic E-state index is -0.146. The highest BCUT2D eigenvalue weighted by molar-refractivity contribution is 6.00. The molecule has 0 amide bonds. The summed E-state index contributed by atoms with van der Waals surface area (Å²) in [6.45, 7) is 1.78. The van der Waals surface area contributed by atoms with Crippen molar-refractivity contribution in [3.8, 4) is 0 Å². The van der Waals surface area contributed by atoms with E-state index in [1.165, 1.54) is 6.20 Å². The lowest BCUT2D eigenvalue weighted by molar-refractivity contribution is 0.0977. The largest absolute Gasteiger partial charge is 0.398 e. The molecule has 1 aromatic rings. The van der Waals surface area contributed by atoms with E-state index in [4.69, 9.17) is 11.5 Å². The molecule has 0 aliphatic rings.